The van der Waals surface area contributed by atoms with Gasteiger partial charge in [-0.25, -0.2) is 0 Å². The molecule has 4 aromatic carbocycles. The number of hydrogen-bond acceptors (Lipinski definition) is 3. The number of benzene rings is 4. The molecule has 0 aliphatic carbocycles. The first-order valence-corrected chi connectivity index (χ1v) is 14.4. The standard InChI is InChI=1S/C31H31NO2Si/c33-31-23-13-16-27(24-25-34-31)32(26-14-5-1-6-15-26)35(28-17-7-2-8-18-28,29-19-9-3-10-20-29)30-21-11-4-12-22-30/h1-12,14-15,17-22,27H,13,16,23-25H2. The van der Waals surface area contributed by atoms with E-state index >= 15 is 0 Å². The average molecular weight is 478 g/mol. The zero-order valence-corrected chi connectivity index (χ0v) is 20.9. The Morgan fingerprint density at radius 2 is 1.09 bits per heavy atom. The number of rotatable bonds is 6. The SMILES string of the molecule is O=C1CCCC(N(c2ccccc2)[Si](c2ccccc2)(c2ccccc2)c2ccccc2)CCO1. The second-order valence-corrected chi connectivity index (χ2v) is 12.7. The van der Waals surface area contributed by atoms with Crippen molar-refractivity contribution in [2.24, 2.45) is 0 Å². The Labute approximate surface area is 209 Å². The highest BCUT2D eigenvalue weighted by atomic mass is 28.3. The molecule has 1 aliphatic rings. The van der Waals surface area contributed by atoms with Crippen molar-refractivity contribution in [3.63, 3.8) is 0 Å². The fourth-order valence-corrected chi connectivity index (χ4v) is 10.7. The van der Waals surface area contributed by atoms with Crippen LogP contribution >= 0.6 is 0 Å². The molecular formula is C31H31NO2Si. The van der Waals surface area contributed by atoms with Gasteiger partial charge in [-0.05, 0) is 40.5 Å². The molecule has 0 N–H and O–H groups in total. The Morgan fingerprint density at radius 1 is 0.629 bits per heavy atom. The molecule has 0 saturated carbocycles. The van der Waals surface area contributed by atoms with Crippen molar-refractivity contribution in [2.75, 3.05) is 11.2 Å². The maximum absolute atomic E-state index is 12.0. The Kier molecular flexibility index (Phi) is 7.10. The Morgan fingerprint density at radius 3 is 1.57 bits per heavy atom. The lowest BCUT2D eigenvalue weighted by Crippen LogP contribution is -2.79. The molecule has 4 aromatic rings. The van der Waals surface area contributed by atoms with E-state index in [1.54, 1.807) is 0 Å². The van der Waals surface area contributed by atoms with Gasteiger partial charge in [-0.15, -0.1) is 0 Å². The van der Waals surface area contributed by atoms with E-state index in [4.69, 9.17) is 4.74 Å². The van der Waals surface area contributed by atoms with Crippen molar-refractivity contribution in [1.82, 2.24) is 0 Å². The predicted octanol–water partition coefficient (Wildman–Crippen LogP) is 4.65. The first-order chi connectivity index (χ1) is 17.3. The van der Waals surface area contributed by atoms with Gasteiger partial charge < -0.3 is 9.30 Å². The topological polar surface area (TPSA) is 29.5 Å². The van der Waals surface area contributed by atoms with Gasteiger partial charge in [0.15, 0.2) is 0 Å². The molecule has 1 fully saturated rings. The number of anilines is 1. The highest BCUT2D eigenvalue weighted by molar-refractivity contribution is 7.13. The van der Waals surface area contributed by atoms with Crippen LogP contribution < -0.4 is 20.1 Å². The quantitative estimate of drug-likeness (QED) is 0.230. The maximum atomic E-state index is 12.0. The molecule has 0 amide bonds. The van der Waals surface area contributed by atoms with E-state index < -0.39 is 8.24 Å². The molecule has 1 unspecified atom stereocenters. The molecule has 176 valence electrons. The molecule has 0 spiro atoms. The summed E-state index contributed by atoms with van der Waals surface area (Å²) in [6.07, 6.45) is 3.07. The van der Waals surface area contributed by atoms with Gasteiger partial charge in [-0.2, -0.15) is 0 Å². The molecule has 1 atom stereocenters. The van der Waals surface area contributed by atoms with Crippen LogP contribution in [0.4, 0.5) is 5.69 Å². The predicted molar refractivity (Wildman–Crippen MR) is 146 cm³/mol. The van der Waals surface area contributed by atoms with Gasteiger partial charge in [-0.1, -0.05) is 109 Å². The number of carbonyl (C=O) groups is 1. The fraction of sp³-hybridized carbons (Fsp3) is 0.194. The van der Waals surface area contributed by atoms with Gasteiger partial charge in [0, 0.05) is 24.6 Å². The number of esters is 1. The molecule has 1 aliphatic heterocycles. The number of ether oxygens (including phenoxy) is 1. The highest BCUT2D eigenvalue weighted by Crippen LogP contribution is 2.29. The average Bonchev–Trinajstić information content (AvgIpc) is 2.92. The van der Waals surface area contributed by atoms with Gasteiger partial charge in [0.05, 0.1) is 6.61 Å². The summed E-state index contributed by atoms with van der Waals surface area (Å²) in [5.41, 5.74) is 1.22. The molecule has 35 heavy (non-hydrogen) atoms. The summed E-state index contributed by atoms with van der Waals surface area (Å²) >= 11 is 0. The van der Waals surface area contributed by atoms with E-state index in [2.05, 4.69) is 126 Å². The first kappa shape index (κ1) is 23.1. The summed E-state index contributed by atoms with van der Waals surface area (Å²) in [7, 11) is -2.74. The second kappa shape index (κ2) is 10.7. The molecule has 0 radical (unpaired) electrons. The van der Waals surface area contributed by atoms with Gasteiger partial charge >= 0.3 is 5.97 Å². The lowest BCUT2D eigenvalue weighted by Gasteiger charge is -2.49. The molecule has 4 heteroatoms. The van der Waals surface area contributed by atoms with E-state index in [0.29, 0.717) is 13.0 Å². The van der Waals surface area contributed by atoms with E-state index in [9.17, 15) is 4.79 Å². The monoisotopic (exact) mass is 477 g/mol. The third kappa shape index (κ3) is 4.67. The number of para-hydroxylation sites is 1. The van der Waals surface area contributed by atoms with Crippen LogP contribution in [0.3, 0.4) is 0 Å². The van der Waals surface area contributed by atoms with Crippen LogP contribution in [0, 0.1) is 0 Å². The molecule has 3 nitrogen and oxygen atoms in total. The highest BCUT2D eigenvalue weighted by Gasteiger charge is 2.48. The third-order valence-corrected chi connectivity index (χ3v) is 11.8. The van der Waals surface area contributed by atoms with Crippen LogP contribution in [0.5, 0.6) is 0 Å². The molecule has 1 saturated heterocycles. The molecule has 1 heterocycles. The van der Waals surface area contributed by atoms with Crippen LogP contribution in [-0.2, 0) is 9.53 Å². The van der Waals surface area contributed by atoms with Crippen LogP contribution in [0.1, 0.15) is 25.7 Å². The Bertz CT molecular complexity index is 1110. The minimum Gasteiger partial charge on any atom is -0.466 e. The van der Waals surface area contributed by atoms with E-state index in [-0.39, 0.29) is 12.0 Å². The molecule has 0 bridgehead atoms. The van der Waals surface area contributed by atoms with E-state index in [1.807, 2.05) is 0 Å². The second-order valence-electron chi connectivity index (χ2n) is 9.07. The minimum absolute atomic E-state index is 0.0765. The molecule has 5 rings (SSSR count). The van der Waals surface area contributed by atoms with Gasteiger partial charge in [0.1, 0.15) is 0 Å². The van der Waals surface area contributed by atoms with Crippen molar-refractivity contribution >= 4 is 35.5 Å². The Hall–Kier alpha value is -3.63. The van der Waals surface area contributed by atoms with Crippen LogP contribution in [0.25, 0.3) is 0 Å². The lowest BCUT2D eigenvalue weighted by atomic mass is 10.0. The summed E-state index contributed by atoms with van der Waals surface area (Å²) in [6.45, 7) is 0.454. The summed E-state index contributed by atoms with van der Waals surface area (Å²) < 4.78 is 8.31. The van der Waals surface area contributed by atoms with E-state index in [0.717, 1.165) is 19.3 Å². The maximum Gasteiger partial charge on any atom is 0.305 e. The summed E-state index contributed by atoms with van der Waals surface area (Å²) in [5, 5.41) is 4.04. The van der Waals surface area contributed by atoms with Crippen molar-refractivity contribution in [3.05, 3.63) is 121 Å². The van der Waals surface area contributed by atoms with Crippen LogP contribution in [0.2, 0.25) is 0 Å². The Balaban J connectivity index is 1.82. The van der Waals surface area contributed by atoms with Crippen LogP contribution in [0.15, 0.2) is 121 Å². The minimum atomic E-state index is -2.74. The van der Waals surface area contributed by atoms with Crippen LogP contribution in [-0.4, -0.2) is 26.9 Å². The normalized spacial score (nSPS) is 16.6. The largest absolute Gasteiger partial charge is 0.466 e. The zero-order chi connectivity index (χ0) is 23.9. The number of hydrogen-bond donors (Lipinski definition) is 0. The summed E-state index contributed by atoms with van der Waals surface area (Å²) in [6, 6.07) is 44.1. The van der Waals surface area contributed by atoms with E-state index in [1.165, 1.54) is 21.2 Å². The van der Waals surface area contributed by atoms with Crippen molar-refractivity contribution in [3.8, 4) is 0 Å². The summed E-state index contributed by atoms with van der Waals surface area (Å²) in [5.74, 6) is -0.0765. The summed E-state index contributed by atoms with van der Waals surface area (Å²) in [4.78, 5) is 12.0. The number of nitrogens with zero attached hydrogens (tertiary/aromatic N) is 1. The first-order valence-electron chi connectivity index (χ1n) is 12.5. The van der Waals surface area contributed by atoms with Crippen molar-refractivity contribution in [2.45, 2.75) is 31.7 Å². The number of cyclic esters (lactones) is 1. The number of carbonyl (C=O) groups excluding carboxylic acids is 1. The van der Waals surface area contributed by atoms with Gasteiger partial charge in [-0.3, -0.25) is 4.79 Å². The van der Waals surface area contributed by atoms with Gasteiger partial charge in [0.25, 0.3) is 8.24 Å². The molecular weight excluding hydrogens is 446 g/mol. The van der Waals surface area contributed by atoms with Gasteiger partial charge in [0.2, 0.25) is 0 Å². The smallest absolute Gasteiger partial charge is 0.305 e. The lowest BCUT2D eigenvalue weighted by molar-refractivity contribution is -0.144. The van der Waals surface area contributed by atoms with Crippen molar-refractivity contribution in [1.29, 1.82) is 0 Å². The van der Waals surface area contributed by atoms with Crippen molar-refractivity contribution < 1.29 is 9.53 Å². The fourth-order valence-electron chi connectivity index (χ4n) is 5.49. The zero-order valence-electron chi connectivity index (χ0n) is 19.9. The third-order valence-electron chi connectivity index (χ3n) is 6.97. The molecule has 0 aromatic heterocycles.